The van der Waals surface area contributed by atoms with Crippen LogP contribution in [0.15, 0.2) is 53.4 Å². The van der Waals surface area contributed by atoms with Gasteiger partial charge in [0.25, 0.3) is 5.91 Å². The summed E-state index contributed by atoms with van der Waals surface area (Å²) in [4.78, 5) is 14.3. The lowest BCUT2D eigenvalue weighted by Crippen LogP contribution is -2.25. The molecule has 0 bridgehead atoms. The van der Waals surface area contributed by atoms with Crippen LogP contribution in [-0.4, -0.2) is 41.2 Å². The summed E-state index contributed by atoms with van der Waals surface area (Å²) in [7, 11) is 0.693. The van der Waals surface area contributed by atoms with Gasteiger partial charge in [-0.3, -0.25) is 4.79 Å². The molecule has 0 fully saturated rings. The van der Waals surface area contributed by atoms with E-state index >= 15 is 0 Å². The molecule has 1 N–H and O–H groups in total. The highest BCUT2D eigenvalue weighted by molar-refractivity contribution is 7.90. The first kappa shape index (κ1) is 19.0. The van der Waals surface area contributed by atoms with Crippen molar-refractivity contribution in [2.75, 3.05) is 31.8 Å². The van der Waals surface area contributed by atoms with Crippen molar-refractivity contribution < 1.29 is 13.2 Å². The van der Waals surface area contributed by atoms with Gasteiger partial charge in [-0.1, -0.05) is 18.2 Å². The second-order valence-corrected chi connectivity index (χ2v) is 8.24. The van der Waals surface area contributed by atoms with Crippen molar-refractivity contribution >= 4 is 21.4 Å². The molecule has 2 aromatic carbocycles. The molecular weight excluding hydrogens is 336 g/mol. The Morgan fingerprint density at radius 2 is 1.76 bits per heavy atom. The van der Waals surface area contributed by atoms with Crippen molar-refractivity contribution in [3.8, 4) is 0 Å². The fraction of sp³-hybridized carbons (Fsp3) is 0.316. The SMILES string of the molecule is CN(C)c1ccc(CCCNC(=O)c2cccc(S(C)(=O)=O)c2)cc1. The van der Waals surface area contributed by atoms with Crippen LogP contribution in [0.2, 0.25) is 0 Å². The van der Waals surface area contributed by atoms with Gasteiger partial charge in [0.2, 0.25) is 0 Å². The average molecular weight is 360 g/mol. The Labute approximate surface area is 149 Å². The first-order valence-electron chi connectivity index (χ1n) is 8.12. The quantitative estimate of drug-likeness (QED) is 0.771. The summed E-state index contributed by atoms with van der Waals surface area (Å²) in [5.74, 6) is -0.256. The Morgan fingerprint density at radius 1 is 1.08 bits per heavy atom. The number of benzene rings is 2. The fourth-order valence-corrected chi connectivity index (χ4v) is 3.09. The fourth-order valence-electron chi connectivity index (χ4n) is 2.43. The van der Waals surface area contributed by atoms with Gasteiger partial charge in [0.15, 0.2) is 9.84 Å². The number of carbonyl (C=O) groups is 1. The molecule has 0 saturated heterocycles. The van der Waals surface area contributed by atoms with E-state index in [2.05, 4.69) is 34.5 Å². The molecule has 2 rings (SSSR count). The van der Waals surface area contributed by atoms with Crippen LogP contribution in [0.1, 0.15) is 22.3 Å². The average Bonchev–Trinajstić information content (AvgIpc) is 2.58. The van der Waals surface area contributed by atoms with Gasteiger partial charge in [0.1, 0.15) is 0 Å². The first-order valence-corrected chi connectivity index (χ1v) is 10.0. The molecule has 0 aliphatic rings. The van der Waals surface area contributed by atoms with Gasteiger partial charge in [-0.05, 0) is 48.7 Å². The standard InChI is InChI=1S/C19H24N2O3S/c1-21(2)17-11-9-15(10-12-17)6-5-13-20-19(22)16-7-4-8-18(14-16)25(3,23)24/h4,7-12,14H,5-6,13H2,1-3H3,(H,20,22). The number of hydrogen-bond donors (Lipinski definition) is 1. The van der Waals surface area contributed by atoms with E-state index in [1.807, 2.05) is 14.1 Å². The molecule has 0 aliphatic carbocycles. The molecular formula is C19H24N2O3S. The van der Waals surface area contributed by atoms with Gasteiger partial charge < -0.3 is 10.2 Å². The van der Waals surface area contributed by atoms with Crippen molar-refractivity contribution in [1.82, 2.24) is 5.32 Å². The first-order chi connectivity index (χ1) is 11.8. The third-order valence-corrected chi connectivity index (χ3v) is 5.02. The lowest BCUT2D eigenvalue weighted by atomic mass is 10.1. The minimum atomic E-state index is -3.31. The maximum atomic E-state index is 12.1. The highest BCUT2D eigenvalue weighted by atomic mass is 32.2. The third-order valence-electron chi connectivity index (χ3n) is 3.90. The Balaban J connectivity index is 1.84. The second-order valence-electron chi connectivity index (χ2n) is 6.22. The molecule has 0 unspecified atom stereocenters. The van der Waals surface area contributed by atoms with E-state index in [1.165, 1.54) is 17.7 Å². The zero-order valence-corrected chi connectivity index (χ0v) is 15.6. The molecule has 0 spiro atoms. The summed E-state index contributed by atoms with van der Waals surface area (Å²) < 4.78 is 23.1. The molecule has 1 amide bonds. The Bertz CT molecular complexity index is 828. The molecule has 134 valence electrons. The predicted molar refractivity (Wildman–Crippen MR) is 101 cm³/mol. The van der Waals surface area contributed by atoms with Crippen molar-refractivity contribution in [3.05, 3.63) is 59.7 Å². The van der Waals surface area contributed by atoms with Crippen LogP contribution in [0.4, 0.5) is 5.69 Å². The summed E-state index contributed by atoms with van der Waals surface area (Å²) in [5.41, 5.74) is 2.74. The topological polar surface area (TPSA) is 66.5 Å². The number of nitrogens with one attached hydrogen (secondary N) is 1. The summed E-state index contributed by atoms with van der Waals surface area (Å²) in [6.45, 7) is 0.539. The van der Waals surface area contributed by atoms with Crippen LogP contribution < -0.4 is 10.2 Å². The summed E-state index contributed by atoms with van der Waals surface area (Å²) in [6.07, 6.45) is 2.82. The van der Waals surface area contributed by atoms with E-state index in [4.69, 9.17) is 0 Å². The molecule has 2 aromatic rings. The number of hydrogen-bond acceptors (Lipinski definition) is 4. The largest absolute Gasteiger partial charge is 0.378 e. The molecule has 25 heavy (non-hydrogen) atoms. The van der Waals surface area contributed by atoms with E-state index in [1.54, 1.807) is 12.1 Å². The molecule has 0 radical (unpaired) electrons. The molecule has 0 aromatic heterocycles. The van der Waals surface area contributed by atoms with E-state index < -0.39 is 9.84 Å². The number of sulfone groups is 1. The van der Waals surface area contributed by atoms with Gasteiger partial charge in [-0.15, -0.1) is 0 Å². The minimum absolute atomic E-state index is 0.154. The molecule has 0 heterocycles. The predicted octanol–water partition coefficient (Wildman–Crippen LogP) is 2.52. The summed E-state index contributed by atoms with van der Waals surface area (Å²) >= 11 is 0. The lowest BCUT2D eigenvalue weighted by molar-refractivity contribution is 0.0953. The summed E-state index contributed by atoms with van der Waals surface area (Å²) in [5, 5.41) is 2.84. The van der Waals surface area contributed by atoms with E-state index in [-0.39, 0.29) is 10.8 Å². The van der Waals surface area contributed by atoms with Gasteiger partial charge in [0, 0.05) is 38.1 Å². The summed E-state index contributed by atoms with van der Waals surface area (Å²) in [6, 6.07) is 14.4. The Hall–Kier alpha value is -2.34. The minimum Gasteiger partial charge on any atom is -0.378 e. The molecule has 5 nitrogen and oxygen atoms in total. The number of aryl methyl sites for hydroxylation is 1. The van der Waals surface area contributed by atoms with Crippen LogP contribution in [0.5, 0.6) is 0 Å². The lowest BCUT2D eigenvalue weighted by Gasteiger charge is -2.12. The normalized spacial score (nSPS) is 11.2. The maximum absolute atomic E-state index is 12.1. The van der Waals surface area contributed by atoms with Crippen molar-refractivity contribution in [2.45, 2.75) is 17.7 Å². The van der Waals surface area contributed by atoms with Crippen LogP contribution in [0.3, 0.4) is 0 Å². The van der Waals surface area contributed by atoms with Crippen LogP contribution >= 0.6 is 0 Å². The van der Waals surface area contributed by atoms with Crippen molar-refractivity contribution in [3.63, 3.8) is 0 Å². The molecule has 0 saturated carbocycles. The molecule has 0 aliphatic heterocycles. The molecule has 6 heteroatoms. The highest BCUT2D eigenvalue weighted by Gasteiger charge is 2.11. The van der Waals surface area contributed by atoms with E-state index in [0.717, 1.165) is 24.8 Å². The number of rotatable bonds is 7. The number of carbonyl (C=O) groups excluding carboxylic acids is 1. The zero-order chi connectivity index (χ0) is 18.4. The van der Waals surface area contributed by atoms with Crippen molar-refractivity contribution in [2.24, 2.45) is 0 Å². The van der Waals surface area contributed by atoms with Crippen LogP contribution in [-0.2, 0) is 16.3 Å². The third kappa shape index (κ3) is 5.60. The van der Waals surface area contributed by atoms with Gasteiger partial charge >= 0.3 is 0 Å². The number of amides is 1. The Morgan fingerprint density at radius 3 is 2.36 bits per heavy atom. The smallest absolute Gasteiger partial charge is 0.251 e. The van der Waals surface area contributed by atoms with Gasteiger partial charge in [-0.2, -0.15) is 0 Å². The van der Waals surface area contributed by atoms with E-state index in [0.29, 0.717) is 12.1 Å². The Kier molecular flexibility index (Phi) is 6.20. The molecule has 0 atom stereocenters. The van der Waals surface area contributed by atoms with E-state index in [9.17, 15) is 13.2 Å². The van der Waals surface area contributed by atoms with Crippen LogP contribution in [0, 0.1) is 0 Å². The second kappa shape index (κ2) is 8.16. The number of anilines is 1. The zero-order valence-electron chi connectivity index (χ0n) is 14.8. The highest BCUT2D eigenvalue weighted by Crippen LogP contribution is 2.13. The van der Waals surface area contributed by atoms with Crippen molar-refractivity contribution in [1.29, 1.82) is 0 Å². The number of nitrogens with zero attached hydrogens (tertiary/aromatic N) is 1. The van der Waals surface area contributed by atoms with Gasteiger partial charge in [0.05, 0.1) is 4.90 Å². The maximum Gasteiger partial charge on any atom is 0.251 e. The van der Waals surface area contributed by atoms with Gasteiger partial charge in [-0.25, -0.2) is 8.42 Å². The van der Waals surface area contributed by atoms with Crippen LogP contribution in [0.25, 0.3) is 0 Å². The monoisotopic (exact) mass is 360 g/mol.